The minimum atomic E-state index is -0.0159. The van der Waals surface area contributed by atoms with Crippen LogP contribution in [-0.4, -0.2) is 22.6 Å². The number of aryl methyl sites for hydroxylation is 1. The first-order valence-corrected chi connectivity index (χ1v) is 9.05. The van der Waals surface area contributed by atoms with Gasteiger partial charge in [-0.25, -0.2) is 4.98 Å². The van der Waals surface area contributed by atoms with Crippen LogP contribution in [0.2, 0.25) is 0 Å². The molecule has 0 fully saturated rings. The molecule has 2 aromatic carbocycles. The standard InChI is InChI=1S/C21H23N3O3/c1-27-17-12-10-16(11-13-17)23-20(25)9-3-2-6-14-24-15-22-19-8-5-4-7-18(19)21(24)26/h4-5,7-8,10-13,15H,2-3,6,9,14H2,1H3,(H,23,25). The number of rotatable bonds is 8. The van der Waals surface area contributed by atoms with Crippen LogP contribution in [0.4, 0.5) is 5.69 Å². The van der Waals surface area contributed by atoms with E-state index in [1.807, 2.05) is 42.5 Å². The van der Waals surface area contributed by atoms with E-state index in [0.29, 0.717) is 23.9 Å². The van der Waals surface area contributed by atoms with Gasteiger partial charge in [0, 0.05) is 18.7 Å². The zero-order chi connectivity index (χ0) is 19.1. The maximum Gasteiger partial charge on any atom is 0.261 e. The molecule has 1 N–H and O–H groups in total. The summed E-state index contributed by atoms with van der Waals surface area (Å²) < 4.78 is 6.73. The molecule has 1 heterocycles. The molecule has 0 aliphatic heterocycles. The molecule has 6 heteroatoms. The molecule has 1 amide bonds. The topological polar surface area (TPSA) is 73.2 Å². The molecule has 0 spiro atoms. The lowest BCUT2D eigenvalue weighted by molar-refractivity contribution is -0.116. The largest absolute Gasteiger partial charge is 0.497 e. The Morgan fingerprint density at radius 1 is 1.07 bits per heavy atom. The van der Waals surface area contributed by atoms with E-state index in [9.17, 15) is 9.59 Å². The lowest BCUT2D eigenvalue weighted by atomic mass is 10.2. The monoisotopic (exact) mass is 365 g/mol. The highest BCUT2D eigenvalue weighted by Crippen LogP contribution is 2.15. The Hall–Kier alpha value is -3.15. The number of hydrogen-bond donors (Lipinski definition) is 1. The van der Waals surface area contributed by atoms with Crippen LogP contribution in [0, 0.1) is 0 Å². The first-order chi connectivity index (χ1) is 13.2. The Morgan fingerprint density at radius 3 is 2.63 bits per heavy atom. The van der Waals surface area contributed by atoms with Gasteiger partial charge in [-0.05, 0) is 49.2 Å². The van der Waals surface area contributed by atoms with Crippen LogP contribution in [0.25, 0.3) is 10.9 Å². The van der Waals surface area contributed by atoms with Gasteiger partial charge in [0.2, 0.25) is 5.91 Å². The van der Waals surface area contributed by atoms with Gasteiger partial charge in [-0.2, -0.15) is 0 Å². The molecule has 6 nitrogen and oxygen atoms in total. The fourth-order valence-electron chi connectivity index (χ4n) is 2.91. The third kappa shape index (κ3) is 4.94. The molecule has 0 saturated heterocycles. The molecule has 0 radical (unpaired) electrons. The van der Waals surface area contributed by atoms with E-state index < -0.39 is 0 Å². The second-order valence-electron chi connectivity index (χ2n) is 6.35. The lowest BCUT2D eigenvalue weighted by Gasteiger charge is -2.08. The second kappa shape index (κ2) is 8.98. The highest BCUT2D eigenvalue weighted by atomic mass is 16.5. The SMILES string of the molecule is COc1ccc(NC(=O)CCCCCn2cnc3ccccc3c2=O)cc1. The van der Waals surface area contributed by atoms with E-state index in [-0.39, 0.29) is 11.5 Å². The van der Waals surface area contributed by atoms with Crippen molar-refractivity contribution >= 4 is 22.5 Å². The van der Waals surface area contributed by atoms with Gasteiger partial charge in [-0.15, -0.1) is 0 Å². The number of carbonyl (C=O) groups is 1. The van der Waals surface area contributed by atoms with E-state index in [4.69, 9.17) is 4.74 Å². The van der Waals surface area contributed by atoms with E-state index in [0.717, 1.165) is 30.7 Å². The predicted octanol–water partition coefficient (Wildman–Crippen LogP) is 3.60. The van der Waals surface area contributed by atoms with Gasteiger partial charge in [0.1, 0.15) is 5.75 Å². The van der Waals surface area contributed by atoms with Crippen molar-refractivity contribution in [3.63, 3.8) is 0 Å². The quantitative estimate of drug-likeness (QED) is 0.619. The molecule has 0 aliphatic carbocycles. The number of amides is 1. The van der Waals surface area contributed by atoms with Crippen LogP contribution < -0.4 is 15.6 Å². The second-order valence-corrected chi connectivity index (χ2v) is 6.35. The molecule has 0 unspecified atom stereocenters. The van der Waals surface area contributed by atoms with Gasteiger partial charge in [0.25, 0.3) is 5.56 Å². The maximum absolute atomic E-state index is 12.4. The normalized spacial score (nSPS) is 10.7. The molecule has 0 atom stereocenters. The minimum absolute atomic E-state index is 0.00953. The highest BCUT2D eigenvalue weighted by Gasteiger charge is 2.05. The minimum Gasteiger partial charge on any atom is -0.497 e. The van der Waals surface area contributed by atoms with Gasteiger partial charge < -0.3 is 10.1 Å². The third-order valence-corrected chi connectivity index (χ3v) is 4.41. The Labute approximate surface area is 157 Å². The van der Waals surface area contributed by atoms with Gasteiger partial charge in [0.05, 0.1) is 24.3 Å². The summed E-state index contributed by atoms with van der Waals surface area (Å²) in [5, 5.41) is 3.51. The van der Waals surface area contributed by atoms with Crippen molar-refractivity contribution in [2.24, 2.45) is 0 Å². The first-order valence-electron chi connectivity index (χ1n) is 9.05. The molecule has 0 saturated carbocycles. The number of aromatic nitrogens is 2. The van der Waals surface area contributed by atoms with Gasteiger partial charge in [-0.1, -0.05) is 18.6 Å². The molecule has 27 heavy (non-hydrogen) atoms. The Bertz CT molecular complexity index is 964. The number of ether oxygens (including phenoxy) is 1. The van der Waals surface area contributed by atoms with Crippen LogP contribution in [0.5, 0.6) is 5.75 Å². The number of unbranched alkanes of at least 4 members (excludes halogenated alkanes) is 2. The third-order valence-electron chi connectivity index (χ3n) is 4.41. The first kappa shape index (κ1) is 18.6. The number of benzene rings is 2. The van der Waals surface area contributed by atoms with Crippen molar-refractivity contribution in [3.05, 3.63) is 65.2 Å². The van der Waals surface area contributed by atoms with E-state index >= 15 is 0 Å². The van der Waals surface area contributed by atoms with Crippen molar-refractivity contribution < 1.29 is 9.53 Å². The Balaban J connectivity index is 1.42. The van der Waals surface area contributed by atoms with Crippen molar-refractivity contribution in [1.82, 2.24) is 9.55 Å². The fraction of sp³-hybridized carbons (Fsp3) is 0.286. The molecule has 1 aromatic heterocycles. The number of methoxy groups -OCH3 is 1. The molecule has 0 aliphatic rings. The Morgan fingerprint density at radius 2 is 1.85 bits per heavy atom. The van der Waals surface area contributed by atoms with E-state index in [1.165, 1.54) is 0 Å². The molecule has 0 bridgehead atoms. The van der Waals surface area contributed by atoms with Crippen molar-refractivity contribution in [3.8, 4) is 5.75 Å². The lowest BCUT2D eigenvalue weighted by Crippen LogP contribution is -2.20. The van der Waals surface area contributed by atoms with Gasteiger partial charge in [0.15, 0.2) is 0 Å². The summed E-state index contributed by atoms with van der Waals surface area (Å²) in [6.07, 6.45) is 4.53. The van der Waals surface area contributed by atoms with Crippen LogP contribution in [0.1, 0.15) is 25.7 Å². The van der Waals surface area contributed by atoms with E-state index in [2.05, 4.69) is 10.3 Å². The molecular formula is C21H23N3O3. The molecular weight excluding hydrogens is 342 g/mol. The average Bonchev–Trinajstić information content (AvgIpc) is 2.70. The number of nitrogens with zero attached hydrogens (tertiary/aromatic N) is 2. The summed E-state index contributed by atoms with van der Waals surface area (Å²) in [6.45, 7) is 0.608. The molecule has 140 valence electrons. The number of fused-ring (bicyclic) bond motifs is 1. The number of para-hydroxylation sites is 1. The number of hydrogen-bond acceptors (Lipinski definition) is 4. The number of anilines is 1. The van der Waals surface area contributed by atoms with Crippen molar-refractivity contribution in [1.29, 1.82) is 0 Å². The average molecular weight is 365 g/mol. The summed E-state index contributed by atoms with van der Waals surface area (Å²) in [5.41, 5.74) is 1.46. The summed E-state index contributed by atoms with van der Waals surface area (Å²) >= 11 is 0. The van der Waals surface area contributed by atoms with Crippen LogP contribution >= 0.6 is 0 Å². The zero-order valence-electron chi connectivity index (χ0n) is 15.4. The van der Waals surface area contributed by atoms with Crippen molar-refractivity contribution in [2.75, 3.05) is 12.4 Å². The summed E-state index contributed by atoms with van der Waals surface area (Å²) in [6, 6.07) is 14.6. The van der Waals surface area contributed by atoms with Crippen LogP contribution in [0.15, 0.2) is 59.7 Å². The smallest absolute Gasteiger partial charge is 0.261 e. The highest BCUT2D eigenvalue weighted by molar-refractivity contribution is 5.90. The fourth-order valence-corrected chi connectivity index (χ4v) is 2.91. The maximum atomic E-state index is 12.4. The van der Waals surface area contributed by atoms with Crippen molar-refractivity contribution in [2.45, 2.75) is 32.2 Å². The van der Waals surface area contributed by atoms with Crippen LogP contribution in [-0.2, 0) is 11.3 Å². The molecule has 3 rings (SSSR count). The van der Waals surface area contributed by atoms with Gasteiger partial charge >= 0.3 is 0 Å². The number of carbonyl (C=O) groups excluding carboxylic acids is 1. The van der Waals surface area contributed by atoms with Gasteiger partial charge in [-0.3, -0.25) is 14.2 Å². The molecule has 3 aromatic rings. The summed E-state index contributed by atoms with van der Waals surface area (Å²) in [4.78, 5) is 28.7. The Kier molecular flexibility index (Phi) is 6.20. The number of nitrogens with one attached hydrogen (secondary N) is 1. The predicted molar refractivity (Wildman–Crippen MR) is 106 cm³/mol. The summed E-state index contributed by atoms with van der Waals surface area (Å²) in [5.74, 6) is 0.746. The van der Waals surface area contributed by atoms with E-state index in [1.54, 1.807) is 24.1 Å². The van der Waals surface area contributed by atoms with Crippen LogP contribution in [0.3, 0.4) is 0 Å². The zero-order valence-corrected chi connectivity index (χ0v) is 15.4. The summed E-state index contributed by atoms with van der Waals surface area (Å²) in [7, 11) is 1.61.